The van der Waals surface area contributed by atoms with Crippen LogP contribution in [0.1, 0.15) is 15.9 Å². The van der Waals surface area contributed by atoms with Crippen LogP contribution in [0, 0.1) is 6.92 Å². The highest BCUT2D eigenvalue weighted by Crippen LogP contribution is 2.32. The van der Waals surface area contributed by atoms with Gasteiger partial charge >= 0.3 is 5.63 Å². The van der Waals surface area contributed by atoms with Crippen LogP contribution >= 0.6 is 0 Å². The molecule has 0 radical (unpaired) electrons. The highest BCUT2D eigenvalue weighted by molar-refractivity contribution is 7.92. The lowest BCUT2D eigenvalue weighted by Crippen LogP contribution is -2.17. The SMILES string of the molecule is Cc1cc(=O)oc2cc(NC(=O)c3ccc(NS(=O)(=O)c4ccc5c(c4)OCCO5)cc3)ccc12. The van der Waals surface area contributed by atoms with Gasteiger partial charge in [0.1, 0.15) is 18.8 Å². The summed E-state index contributed by atoms with van der Waals surface area (Å²) in [6.45, 7) is 2.57. The van der Waals surface area contributed by atoms with Crippen LogP contribution in [0.5, 0.6) is 11.5 Å². The van der Waals surface area contributed by atoms with Gasteiger partial charge in [-0.05, 0) is 61.0 Å². The molecule has 0 unspecified atom stereocenters. The third-order valence-electron chi connectivity index (χ3n) is 5.43. The van der Waals surface area contributed by atoms with Crippen LogP contribution in [0.15, 0.2) is 80.8 Å². The Morgan fingerprint density at radius 3 is 2.34 bits per heavy atom. The smallest absolute Gasteiger partial charge is 0.336 e. The first kappa shape index (κ1) is 22.5. The van der Waals surface area contributed by atoms with Crippen molar-refractivity contribution in [1.29, 1.82) is 0 Å². The number of ether oxygens (including phenoxy) is 2. The third kappa shape index (κ3) is 4.69. The van der Waals surface area contributed by atoms with Gasteiger partial charge in [-0.25, -0.2) is 13.2 Å². The minimum Gasteiger partial charge on any atom is -0.486 e. The van der Waals surface area contributed by atoms with E-state index in [4.69, 9.17) is 13.9 Å². The number of sulfonamides is 1. The number of hydrogen-bond acceptors (Lipinski definition) is 7. The molecule has 35 heavy (non-hydrogen) atoms. The monoisotopic (exact) mass is 492 g/mol. The lowest BCUT2D eigenvalue weighted by Gasteiger charge is -2.19. The highest BCUT2D eigenvalue weighted by Gasteiger charge is 2.20. The van der Waals surface area contributed by atoms with Crippen LogP contribution in [-0.4, -0.2) is 27.5 Å². The molecule has 0 aliphatic carbocycles. The van der Waals surface area contributed by atoms with Gasteiger partial charge in [-0.2, -0.15) is 0 Å². The number of anilines is 2. The van der Waals surface area contributed by atoms with E-state index in [-0.39, 0.29) is 4.90 Å². The number of hydrogen-bond donors (Lipinski definition) is 2. The van der Waals surface area contributed by atoms with Gasteiger partial charge in [-0.15, -0.1) is 0 Å². The van der Waals surface area contributed by atoms with Crippen molar-refractivity contribution in [2.24, 2.45) is 0 Å². The van der Waals surface area contributed by atoms with Crippen molar-refractivity contribution in [3.8, 4) is 11.5 Å². The fraction of sp³-hybridized carbons (Fsp3) is 0.120. The standard InChI is InChI=1S/C25H20N2O7S/c1-15-12-24(28)34-22-13-18(6-8-20(15)22)26-25(29)16-2-4-17(5-3-16)27-35(30,31)19-7-9-21-23(14-19)33-11-10-32-21/h2-9,12-14,27H,10-11H2,1H3,(H,26,29). The number of fused-ring (bicyclic) bond motifs is 2. The predicted octanol–water partition coefficient (Wildman–Crippen LogP) is 3.93. The summed E-state index contributed by atoms with van der Waals surface area (Å²) in [6, 6.07) is 16.8. The Hall–Kier alpha value is -4.31. The zero-order chi connectivity index (χ0) is 24.6. The molecule has 0 bridgehead atoms. The Morgan fingerprint density at radius 1 is 0.857 bits per heavy atom. The summed E-state index contributed by atoms with van der Waals surface area (Å²) in [7, 11) is -3.88. The largest absolute Gasteiger partial charge is 0.486 e. The fourth-order valence-electron chi connectivity index (χ4n) is 3.70. The van der Waals surface area contributed by atoms with Crippen molar-refractivity contribution in [3.63, 3.8) is 0 Å². The molecule has 1 amide bonds. The molecule has 0 saturated heterocycles. The Kier molecular flexibility index (Phi) is 5.65. The van der Waals surface area contributed by atoms with Gasteiger partial charge in [0, 0.05) is 40.5 Å². The molecule has 0 fully saturated rings. The van der Waals surface area contributed by atoms with Gasteiger partial charge < -0.3 is 19.2 Å². The molecule has 0 spiro atoms. The number of rotatable bonds is 5. The zero-order valence-electron chi connectivity index (χ0n) is 18.5. The number of carbonyl (C=O) groups is 1. The first-order valence-electron chi connectivity index (χ1n) is 10.7. The fourth-order valence-corrected chi connectivity index (χ4v) is 4.77. The molecule has 1 aliphatic rings. The Labute approximate surface area is 200 Å². The number of benzene rings is 3. The van der Waals surface area contributed by atoms with Crippen LogP contribution in [0.25, 0.3) is 11.0 Å². The van der Waals surface area contributed by atoms with E-state index in [1.807, 2.05) is 0 Å². The van der Waals surface area contributed by atoms with Gasteiger partial charge in [0.15, 0.2) is 11.5 Å². The number of nitrogens with one attached hydrogen (secondary N) is 2. The molecule has 10 heteroatoms. The summed E-state index contributed by atoms with van der Waals surface area (Å²) in [5.74, 6) is 0.462. The van der Waals surface area contributed by atoms with E-state index in [0.717, 1.165) is 10.9 Å². The van der Waals surface area contributed by atoms with E-state index in [9.17, 15) is 18.0 Å². The van der Waals surface area contributed by atoms with Crippen molar-refractivity contribution < 1.29 is 27.1 Å². The van der Waals surface area contributed by atoms with Gasteiger partial charge in [0.25, 0.3) is 15.9 Å². The molecule has 5 rings (SSSR count). The quantitative estimate of drug-likeness (QED) is 0.405. The maximum Gasteiger partial charge on any atom is 0.336 e. The second-order valence-corrected chi connectivity index (χ2v) is 9.58. The van der Waals surface area contributed by atoms with Gasteiger partial charge in [0.05, 0.1) is 4.90 Å². The molecular formula is C25H20N2O7S. The van der Waals surface area contributed by atoms with Gasteiger partial charge in [-0.1, -0.05) is 0 Å². The normalized spacial score (nSPS) is 12.8. The predicted molar refractivity (Wildman–Crippen MR) is 130 cm³/mol. The van der Waals surface area contributed by atoms with E-state index in [0.29, 0.717) is 47.2 Å². The molecule has 0 atom stereocenters. The molecule has 9 nitrogen and oxygen atoms in total. The molecule has 3 aromatic carbocycles. The maximum atomic E-state index is 12.8. The average Bonchev–Trinajstić information content (AvgIpc) is 2.83. The molecule has 1 aromatic heterocycles. The van der Waals surface area contributed by atoms with Gasteiger partial charge in [-0.3, -0.25) is 9.52 Å². The lowest BCUT2D eigenvalue weighted by molar-refractivity contribution is 0.102. The zero-order valence-corrected chi connectivity index (χ0v) is 19.3. The van der Waals surface area contributed by atoms with E-state index in [2.05, 4.69) is 10.0 Å². The van der Waals surface area contributed by atoms with E-state index >= 15 is 0 Å². The van der Waals surface area contributed by atoms with Crippen LogP contribution in [0.3, 0.4) is 0 Å². The average molecular weight is 493 g/mol. The van der Waals surface area contributed by atoms with E-state index < -0.39 is 21.6 Å². The molecule has 1 aliphatic heterocycles. The molecular weight excluding hydrogens is 472 g/mol. The lowest BCUT2D eigenvalue weighted by atomic mass is 10.1. The number of carbonyl (C=O) groups excluding carboxylic acids is 1. The topological polar surface area (TPSA) is 124 Å². The van der Waals surface area contributed by atoms with Crippen molar-refractivity contribution >= 4 is 38.3 Å². The number of amides is 1. The van der Waals surface area contributed by atoms with Crippen molar-refractivity contribution in [2.45, 2.75) is 11.8 Å². The third-order valence-corrected chi connectivity index (χ3v) is 6.81. The summed E-state index contributed by atoms with van der Waals surface area (Å²) >= 11 is 0. The van der Waals surface area contributed by atoms with Crippen LogP contribution in [0.2, 0.25) is 0 Å². The Balaban J connectivity index is 1.30. The summed E-state index contributed by atoms with van der Waals surface area (Å²) in [5.41, 5.74) is 1.75. The molecule has 0 saturated carbocycles. The van der Waals surface area contributed by atoms with Crippen molar-refractivity contribution in [3.05, 3.63) is 88.3 Å². The molecule has 178 valence electrons. The van der Waals surface area contributed by atoms with Crippen LogP contribution < -0.4 is 25.1 Å². The first-order valence-corrected chi connectivity index (χ1v) is 12.2. The second-order valence-electron chi connectivity index (χ2n) is 7.90. The first-order chi connectivity index (χ1) is 16.8. The van der Waals surface area contributed by atoms with Crippen molar-refractivity contribution in [2.75, 3.05) is 23.3 Å². The summed E-state index contributed by atoms with van der Waals surface area (Å²) in [6.07, 6.45) is 0. The molecule has 4 aromatic rings. The van der Waals surface area contributed by atoms with Gasteiger partial charge in [0.2, 0.25) is 0 Å². The molecule has 2 heterocycles. The van der Waals surface area contributed by atoms with E-state index in [1.54, 1.807) is 31.2 Å². The van der Waals surface area contributed by atoms with E-state index in [1.165, 1.54) is 42.5 Å². The second kappa shape index (κ2) is 8.80. The highest BCUT2D eigenvalue weighted by atomic mass is 32.2. The summed E-state index contributed by atoms with van der Waals surface area (Å²) < 4.78 is 44.1. The maximum absolute atomic E-state index is 12.8. The summed E-state index contributed by atoms with van der Waals surface area (Å²) in [5, 5.41) is 3.52. The number of aryl methyl sites for hydroxylation is 1. The Bertz CT molecular complexity index is 1610. The van der Waals surface area contributed by atoms with Crippen molar-refractivity contribution in [1.82, 2.24) is 0 Å². The summed E-state index contributed by atoms with van der Waals surface area (Å²) in [4.78, 5) is 24.3. The Morgan fingerprint density at radius 2 is 1.57 bits per heavy atom. The minimum absolute atomic E-state index is 0.0294. The minimum atomic E-state index is -3.88. The van der Waals surface area contributed by atoms with Crippen LogP contribution in [-0.2, 0) is 10.0 Å². The molecule has 2 N–H and O–H groups in total. The van der Waals surface area contributed by atoms with Crippen LogP contribution in [0.4, 0.5) is 11.4 Å².